The Balaban J connectivity index is 1.26. The molecule has 5 rings (SSSR count). The molecule has 1 saturated carbocycles. The van der Waals surface area contributed by atoms with Crippen LogP contribution in [0.5, 0.6) is 5.75 Å². The summed E-state index contributed by atoms with van der Waals surface area (Å²) in [5.74, 6) is 0.776. The molecule has 3 aliphatic rings. The summed E-state index contributed by atoms with van der Waals surface area (Å²) in [6.07, 6.45) is 6.57. The number of ether oxygens (including phenoxy) is 1. The Labute approximate surface area is 227 Å². The van der Waals surface area contributed by atoms with Crippen molar-refractivity contribution in [1.29, 1.82) is 0 Å². The van der Waals surface area contributed by atoms with Crippen LogP contribution in [-0.4, -0.2) is 55.7 Å². The number of hydrogen-bond donors (Lipinski definition) is 0. The van der Waals surface area contributed by atoms with Gasteiger partial charge in [-0.3, -0.25) is 0 Å². The Morgan fingerprint density at radius 1 is 1.05 bits per heavy atom. The minimum Gasteiger partial charge on any atom is -0.862 e. The molecule has 1 aliphatic carbocycles. The molecule has 2 aromatic rings. The van der Waals surface area contributed by atoms with E-state index in [-0.39, 0.29) is 23.3 Å². The van der Waals surface area contributed by atoms with Gasteiger partial charge < -0.3 is 24.6 Å². The van der Waals surface area contributed by atoms with E-state index in [1.807, 2.05) is 12.1 Å². The van der Waals surface area contributed by atoms with Crippen LogP contribution < -0.4 is 14.7 Å². The van der Waals surface area contributed by atoms with Gasteiger partial charge in [0.05, 0.1) is 17.2 Å². The molecule has 0 spiro atoms. The van der Waals surface area contributed by atoms with E-state index in [0.29, 0.717) is 11.1 Å². The predicted molar refractivity (Wildman–Crippen MR) is 151 cm³/mol. The summed E-state index contributed by atoms with van der Waals surface area (Å²) in [6, 6.07) is 14.8. The molecule has 2 saturated heterocycles. The Bertz CT molecular complexity index is 1080. The highest BCUT2D eigenvalue weighted by Gasteiger charge is 2.26. The van der Waals surface area contributed by atoms with Gasteiger partial charge in [0, 0.05) is 31.2 Å². The fraction of sp³-hybridized carbons (Fsp3) is 0.581. The van der Waals surface area contributed by atoms with Gasteiger partial charge in [-0.2, -0.15) is 0 Å². The largest absolute Gasteiger partial charge is 0.862 e. The van der Waals surface area contributed by atoms with E-state index in [1.54, 1.807) is 0 Å². The van der Waals surface area contributed by atoms with Gasteiger partial charge in [-0.15, -0.1) is 0 Å². The van der Waals surface area contributed by atoms with Crippen LogP contribution in [0.3, 0.4) is 0 Å². The van der Waals surface area contributed by atoms with Crippen molar-refractivity contribution < 1.29 is 9.84 Å². The highest BCUT2D eigenvalue weighted by atomic mass is 35.5. The van der Waals surface area contributed by atoms with Crippen molar-refractivity contribution >= 4 is 23.2 Å². The van der Waals surface area contributed by atoms with Crippen molar-refractivity contribution in [2.45, 2.75) is 76.9 Å². The normalized spacial score (nSPS) is 22.0. The molecule has 2 aromatic carbocycles. The number of rotatable bonds is 9. The second-order valence-corrected chi connectivity index (χ2v) is 12.6. The highest BCUT2D eigenvalue weighted by molar-refractivity contribution is 6.32. The summed E-state index contributed by atoms with van der Waals surface area (Å²) < 4.78 is 5.90. The summed E-state index contributed by atoms with van der Waals surface area (Å²) in [4.78, 5) is 9.60. The number of anilines is 1. The lowest BCUT2D eigenvalue weighted by Crippen LogP contribution is -2.36. The van der Waals surface area contributed by atoms with Crippen LogP contribution in [0.25, 0.3) is 0 Å². The van der Waals surface area contributed by atoms with E-state index in [4.69, 9.17) is 21.3 Å². The number of likely N-dealkylation sites (tertiary alicyclic amines) is 1. The molecule has 0 radical (unpaired) electrons. The molecular weight excluding hydrogens is 482 g/mol. The van der Waals surface area contributed by atoms with Crippen molar-refractivity contribution in [2.24, 2.45) is 10.9 Å². The van der Waals surface area contributed by atoms with Crippen molar-refractivity contribution in [3.05, 3.63) is 58.6 Å². The van der Waals surface area contributed by atoms with Crippen LogP contribution in [0.1, 0.15) is 64.0 Å². The first-order valence-electron chi connectivity index (χ1n) is 14.0. The quantitative estimate of drug-likeness (QED) is 0.323. The first kappa shape index (κ1) is 26.4. The van der Waals surface area contributed by atoms with Crippen LogP contribution in [-0.2, 0) is 11.8 Å². The second-order valence-electron chi connectivity index (χ2n) is 12.1. The van der Waals surface area contributed by atoms with Gasteiger partial charge in [0.25, 0.3) is 0 Å². The number of hydrogen-bond acceptors (Lipinski definition) is 5. The summed E-state index contributed by atoms with van der Waals surface area (Å²) in [5, 5.41) is 14.0. The molecule has 2 aliphatic heterocycles. The Hall–Kier alpha value is -2.24. The zero-order valence-electron chi connectivity index (χ0n) is 22.6. The van der Waals surface area contributed by atoms with E-state index >= 15 is 0 Å². The van der Waals surface area contributed by atoms with E-state index in [0.717, 1.165) is 69.7 Å². The van der Waals surface area contributed by atoms with Gasteiger partial charge in [0.15, 0.2) is 0 Å². The molecule has 6 heteroatoms. The lowest BCUT2D eigenvalue weighted by atomic mass is 9.87. The smallest absolute Gasteiger partial charge is 0.138 e. The Kier molecular flexibility index (Phi) is 8.02. The minimum absolute atomic E-state index is 0.0405. The van der Waals surface area contributed by atoms with Crippen molar-refractivity contribution in [3.8, 4) is 5.75 Å². The van der Waals surface area contributed by atoms with Crippen LogP contribution in [0, 0.1) is 5.92 Å². The molecule has 5 nitrogen and oxygen atoms in total. The van der Waals surface area contributed by atoms with Gasteiger partial charge in [0.1, 0.15) is 5.75 Å². The number of aliphatic imine (C=N–C) groups is 1. The monoisotopic (exact) mass is 522 g/mol. The number of benzene rings is 2. The van der Waals surface area contributed by atoms with Crippen molar-refractivity contribution in [1.82, 2.24) is 4.90 Å². The van der Waals surface area contributed by atoms with Crippen LogP contribution in [0.4, 0.5) is 5.69 Å². The average molecular weight is 523 g/mol. The maximum absolute atomic E-state index is 13.4. The molecule has 0 N–H and O–H groups in total. The van der Waals surface area contributed by atoms with Crippen LogP contribution >= 0.6 is 11.6 Å². The van der Waals surface area contributed by atoms with E-state index in [1.165, 1.54) is 24.1 Å². The third-order valence-corrected chi connectivity index (χ3v) is 8.19. The topological polar surface area (TPSA) is 51.1 Å². The van der Waals surface area contributed by atoms with Crippen molar-refractivity contribution in [3.63, 3.8) is 0 Å². The van der Waals surface area contributed by atoms with E-state index in [2.05, 4.69) is 60.9 Å². The fourth-order valence-electron chi connectivity index (χ4n) is 5.47. The SMILES string of the molecule is CC(C)(C)c1ccc(N2CC[C@@H](C([O-])=NC(Cc3ccc(OC4CC4)c(Cl)c3)CN3CCCC3)C2)cc1. The van der Waals surface area contributed by atoms with Gasteiger partial charge >= 0.3 is 0 Å². The maximum Gasteiger partial charge on any atom is 0.138 e. The lowest BCUT2D eigenvalue weighted by molar-refractivity contribution is -0.223. The molecule has 0 aromatic heterocycles. The molecule has 0 amide bonds. The van der Waals surface area contributed by atoms with Crippen molar-refractivity contribution in [2.75, 3.05) is 37.6 Å². The van der Waals surface area contributed by atoms with E-state index < -0.39 is 0 Å². The lowest BCUT2D eigenvalue weighted by Gasteiger charge is -2.26. The fourth-order valence-corrected chi connectivity index (χ4v) is 5.72. The molecule has 2 heterocycles. The molecular formula is C31H41ClN3O2-. The molecule has 200 valence electrons. The first-order valence-corrected chi connectivity index (χ1v) is 14.4. The van der Waals surface area contributed by atoms with Gasteiger partial charge in [-0.25, -0.2) is 0 Å². The standard InChI is InChI=1S/C31H42ClN3O2/c1-31(2,3)24-7-9-26(10-8-24)35-17-14-23(20-35)30(36)33-25(21-34-15-4-5-16-34)18-22-6-13-29(28(32)19-22)37-27-11-12-27/h6-10,13,19,23,25,27H,4-5,11-12,14-18,20-21H2,1-3H3,(H,33,36)/p-1/t23-,25?/m1/s1. The Morgan fingerprint density at radius 2 is 1.78 bits per heavy atom. The van der Waals surface area contributed by atoms with E-state index in [9.17, 15) is 5.11 Å². The predicted octanol–water partition coefficient (Wildman–Crippen LogP) is 5.47. The summed E-state index contributed by atoms with van der Waals surface area (Å²) >= 11 is 6.53. The zero-order chi connectivity index (χ0) is 26.0. The van der Waals surface area contributed by atoms with Gasteiger partial charge in [-0.1, -0.05) is 50.6 Å². The second kappa shape index (κ2) is 11.2. The summed E-state index contributed by atoms with van der Waals surface area (Å²) in [7, 11) is 0. The molecule has 1 unspecified atom stereocenters. The molecule has 0 bridgehead atoms. The Morgan fingerprint density at radius 3 is 2.43 bits per heavy atom. The molecule has 37 heavy (non-hydrogen) atoms. The number of halogens is 1. The maximum atomic E-state index is 13.4. The van der Waals surface area contributed by atoms with Gasteiger partial charge in [0.2, 0.25) is 0 Å². The molecule has 3 fully saturated rings. The highest BCUT2D eigenvalue weighted by Crippen LogP contribution is 2.33. The first-order chi connectivity index (χ1) is 17.7. The third-order valence-electron chi connectivity index (χ3n) is 7.90. The average Bonchev–Trinajstić information content (AvgIpc) is 3.29. The summed E-state index contributed by atoms with van der Waals surface area (Å²) in [6.45, 7) is 11.4. The van der Waals surface area contributed by atoms with Crippen LogP contribution in [0.2, 0.25) is 5.02 Å². The van der Waals surface area contributed by atoms with Gasteiger partial charge in [-0.05, 0) is 98.3 Å². The number of nitrogens with zero attached hydrogens (tertiary/aromatic N) is 3. The molecule has 2 atom stereocenters. The zero-order valence-corrected chi connectivity index (χ0v) is 23.3. The minimum atomic E-state index is -0.0583. The van der Waals surface area contributed by atoms with Crippen LogP contribution in [0.15, 0.2) is 47.5 Å². The summed E-state index contributed by atoms with van der Waals surface area (Å²) in [5.41, 5.74) is 3.77. The third kappa shape index (κ3) is 7.00.